The van der Waals surface area contributed by atoms with Crippen LogP contribution in [0.25, 0.3) is 16.3 Å². The van der Waals surface area contributed by atoms with Crippen LogP contribution < -0.4 is 19.1 Å². The number of halogens is 1. The topological polar surface area (TPSA) is 64.1 Å². The molecule has 1 aliphatic heterocycles. The zero-order chi connectivity index (χ0) is 22.5. The zero-order valence-corrected chi connectivity index (χ0v) is 20.6. The summed E-state index contributed by atoms with van der Waals surface area (Å²) in [5.74, 6) is 2.08. The molecule has 0 fully saturated rings. The number of thiazole rings is 1. The van der Waals surface area contributed by atoms with Gasteiger partial charge in [-0.15, -0.1) is 12.4 Å². The van der Waals surface area contributed by atoms with Crippen LogP contribution in [0.3, 0.4) is 0 Å². The van der Waals surface area contributed by atoms with Crippen LogP contribution in [-0.4, -0.2) is 55.9 Å². The third-order valence-corrected chi connectivity index (χ3v) is 6.47. The van der Waals surface area contributed by atoms with Crippen molar-refractivity contribution in [2.75, 3.05) is 45.0 Å². The normalized spacial score (nSPS) is 12.4. The maximum atomic E-state index is 13.2. The lowest BCUT2D eigenvalue weighted by atomic mass is 10.2. The van der Waals surface area contributed by atoms with Gasteiger partial charge >= 0.3 is 0 Å². The number of methoxy groups -OCH3 is 1. The number of fused-ring (bicyclic) bond motifs is 2. The zero-order valence-electron chi connectivity index (χ0n) is 18.9. The van der Waals surface area contributed by atoms with Gasteiger partial charge in [-0.3, -0.25) is 9.69 Å². The van der Waals surface area contributed by atoms with Crippen LogP contribution in [-0.2, 0) is 4.79 Å². The van der Waals surface area contributed by atoms with Crippen molar-refractivity contribution in [1.82, 2.24) is 9.88 Å². The summed E-state index contributed by atoms with van der Waals surface area (Å²) in [4.78, 5) is 22.0. The van der Waals surface area contributed by atoms with Crippen LogP contribution in [0.1, 0.15) is 19.4 Å². The number of carbonyl (C=O) groups excluding carboxylic acids is 1. The van der Waals surface area contributed by atoms with Gasteiger partial charge in [0.05, 0.1) is 17.3 Å². The third kappa shape index (κ3) is 5.76. The molecular formula is C24H28ClN3O4S. The first kappa shape index (κ1) is 24.8. The van der Waals surface area contributed by atoms with Crippen molar-refractivity contribution < 1.29 is 19.0 Å². The molecule has 2 aromatic carbocycles. The minimum atomic E-state index is -0.110. The molecule has 7 nitrogen and oxygen atoms in total. The van der Waals surface area contributed by atoms with Crippen molar-refractivity contribution in [3.63, 3.8) is 0 Å². The number of hydrogen-bond donors (Lipinski definition) is 0. The number of anilines is 1. The number of amides is 1. The van der Waals surface area contributed by atoms with Gasteiger partial charge in [-0.1, -0.05) is 31.3 Å². The highest BCUT2D eigenvalue weighted by molar-refractivity contribution is 7.22. The summed E-state index contributed by atoms with van der Waals surface area (Å²) < 4.78 is 17.1. The molecule has 1 aliphatic rings. The number of aromatic nitrogens is 1. The fraction of sp³-hybridized carbons (Fsp3) is 0.333. The van der Waals surface area contributed by atoms with Crippen molar-refractivity contribution in [2.24, 2.45) is 0 Å². The van der Waals surface area contributed by atoms with E-state index in [0.717, 1.165) is 46.9 Å². The molecule has 0 saturated heterocycles. The van der Waals surface area contributed by atoms with E-state index in [9.17, 15) is 4.79 Å². The number of hydrogen-bond acceptors (Lipinski definition) is 7. The van der Waals surface area contributed by atoms with E-state index in [0.29, 0.717) is 17.4 Å². The minimum Gasteiger partial charge on any atom is -0.497 e. The molecule has 3 aromatic rings. The summed E-state index contributed by atoms with van der Waals surface area (Å²) in [5.41, 5.74) is 1.73. The van der Waals surface area contributed by atoms with Crippen LogP contribution in [0.15, 0.2) is 42.5 Å². The number of nitrogens with zero attached hydrogens (tertiary/aromatic N) is 3. The first-order valence-electron chi connectivity index (χ1n) is 10.7. The van der Waals surface area contributed by atoms with Gasteiger partial charge in [0, 0.05) is 19.2 Å². The van der Waals surface area contributed by atoms with Crippen LogP contribution in [0.5, 0.6) is 17.2 Å². The largest absolute Gasteiger partial charge is 0.497 e. The highest BCUT2D eigenvalue weighted by Gasteiger charge is 2.19. The van der Waals surface area contributed by atoms with Crippen molar-refractivity contribution in [2.45, 2.75) is 13.8 Å². The standard InChI is InChI=1S/C24H27N3O4S.ClH/c1-4-26(5-2)12-13-27(24-25-19-9-8-18(29-3)15-22(19)32-24)23(28)11-7-17-6-10-20-21(14-17)31-16-30-20;/h6-11,14-15H,4-5,12-13,16H2,1-3H3;1H. The smallest absolute Gasteiger partial charge is 0.252 e. The van der Waals surface area contributed by atoms with Gasteiger partial charge in [-0.25, -0.2) is 4.98 Å². The van der Waals surface area contributed by atoms with Crippen molar-refractivity contribution in [3.05, 3.63) is 48.0 Å². The van der Waals surface area contributed by atoms with Gasteiger partial charge < -0.3 is 19.1 Å². The molecule has 0 N–H and O–H groups in total. The molecule has 176 valence electrons. The van der Waals surface area contributed by atoms with Gasteiger partial charge in [0.2, 0.25) is 6.79 Å². The van der Waals surface area contributed by atoms with Crippen molar-refractivity contribution in [1.29, 1.82) is 0 Å². The number of benzene rings is 2. The van der Waals surface area contributed by atoms with E-state index in [4.69, 9.17) is 19.2 Å². The van der Waals surface area contributed by atoms with E-state index >= 15 is 0 Å². The molecule has 0 spiro atoms. The summed E-state index contributed by atoms with van der Waals surface area (Å²) >= 11 is 1.49. The maximum absolute atomic E-state index is 13.2. The number of likely N-dealkylation sites (N-methyl/N-ethyl adjacent to an activating group) is 1. The van der Waals surface area contributed by atoms with Crippen molar-refractivity contribution in [3.8, 4) is 17.2 Å². The first-order valence-corrected chi connectivity index (χ1v) is 11.5. The van der Waals surface area contributed by atoms with E-state index in [2.05, 4.69) is 18.7 Å². The average Bonchev–Trinajstić information content (AvgIpc) is 3.46. The van der Waals surface area contributed by atoms with Crippen LogP contribution in [0.4, 0.5) is 5.13 Å². The molecule has 1 aromatic heterocycles. The molecule has 0 saturated carbocycles. The Bertz CT molecular complexity index is 1130. The summed E-state index contributed by atoms with van der Waals surface area (Å²) in [6.45, 7) is 7.67. The van der Waals surface area contributed by atoms with Gasteiger partial charge in [0.1, 0.15) is 5.75 Å². The van der Waals surface area contributed by atoms with Gasteiger partial charge in [0.15, 0.2) is 16.6 Å². The van der Waals surface area contributed by atoms with E-state index in [1.807, 2.05) is 36.4 Å². The van der Waals surface area contributed by atoms with Crippen molar-refractivity contribution >= 4 is 51.1 Å². The lowest BCUT2D eigenvalue weighted by Gasteiger charge is -2.23. The molecule has 9 heteroatoms. The summed E-state index contributed by atoms with van der Waals surface area (Å²) in [5, 5.41) is 0.681. The van der Waals surface area contributed by atoms with Crippen LogP contribution in [0.2, 0.25) is 0 Å². The second-order valence-electron chi connectivity index (χ2n) is 7.29. The fourth-order valence-corrected chi connectivity index (χ4v) is 4.52. The van der Waals surface area contributed by atoms with Gasteiger partial charge in [-0.05, 0) is 55.1 Å². The van der Waals surface area contributed by atoms with E-state index in [1.54, 1.807) is 24.2 Å². The molecule has 2 heterocycles. The Kier molecular flexibility index (Phi) is 8.55. The molecule has 0 aliphatic carbocycles. The maximum Gasteiger partial charge on any atom is 0.252 e. The van der Waals surface area contributed by atoms with Crippen LogP contribution in [0, 0.1) is 0 Å². The molecule has 0 atom stereocenters. The molecule has 0 unspecified atom stereocenters. The Morgan fingerprint density at radius 2 is 1.91 bits per heavy atom. The number of ether oxygens (including phenoxy) is 3. The lowest BCUT2D eigenvalue weighted by Crippen LogP contribution is -2.38. The summed E-state index contributed by atoms with van der Waals surface area (Å²) in [7, 11) is 1.64. The Balaban J connectivity index is 0.00000306. The second-order valence-corrected chi connectivity index (χ2v) is 8.30. The lowest BCUT2D eigenvalue weighted by molar-refractivity contribution is -0.114. The SMILES string of the molecule is CCN(CC)CCN(C(=O)C=Cc1ccc2c(c1)OCO2)c1nc2ccc(OC)cc2s1.Cl. The molecule has 1 amide bonds. The monoisotopic (exact) mass is 489 g/mol. The molecular weight excluding hydrogens is 462 g/mol. The predicted molar refractivity (Wildman–Crippen MR) is 135 cm³/mol. The number of rotatable bonds is 9. The highest BCUT2D eigenvalue weighted by Crippen LogP contribution is 2.33. The Hall–Kier alpha value is -2.81. The Morgan fingerprint density at radius 1 is 1.12 bits per heavy atom. The number of carbonyl (C=O) groups is 1. The first-order chi connectivity index (χ1) is 15.6. The molecule has 4 rings (SSSR count). The van der Waals surface area contributed by atoms with Crippen LogP contribution >= 0.6 is 23.7 Å². The summed E-state index contributed by atoms with van der Waals surface area (Å²) in [6, 6.07) is 11.4. The highest BCUT2D eigenvalue weighted by atomic mass is 35.5. The molecule has 0 bridgehead atoms. The third-order valence-electron chi connectivity index (χ3n) is 5.43. The summed E-state index contributed by atoms with van der Waals surface area (Å²) in [6.07, 6.45) is 3.39. The average molecular weight is 490 g/mol. The fourth-order valence-electron chi connectivity index (χ4n) is 3.49. The van der Waals surface area contributed by atoms with E-state index in [1.165, 1.54) is 11.3 Å². The quantitative estimate of drug-likeness (QED) is 0.400. The minimum absolute atomic E-state index is 0. The Morgan fingerprint density at radius 3 is 2.67 bits per heavy atom. The molecule has 0 radical (unpaired) electrons. The molecule has 33 heavy (non-hydrogen) atoms. The second kappa shape index (κ2) is 11.4. The van der Waals surface area contributed by atoms with Gasteiger partial charge in [-0.2, -0.15) is 0 Å². The predicted octanol–water partition coefficient (Wildman–Crippen LogP) is 4.84. The van der Waals surface area contributed by atoms with E-state index in [-0.39, 0.29) is 25.1 Å². The van der Waals surface area contributed by atoms with E-state index < -0.39 is 0 Å². The Labute approximate surface area is 204 Å². The van der Waals surface area contributed by atoms with Gasteiger partial charge in [0.25, 0.3) is 5.91 Å².